The number of nitrogens with one attached hydrogen (secondary N) is 1. The number of para-hydroxylation sites is 1. The highest BCUT2D eigenvalue weighted by Gasteiger charge is 1.96. The number of hydrogen-bond donors (Lipinski definition) is 1. The lowest BCUT2D eigenvalue weighted by Crippen LogP contribution is -2.08. The van der Waals surface area contributed by atoms with Crippen molar-refractivity contribution in [1.29, 1.82) is 5.26 Å². The number of hydrogen-bond acceptors (Lipinski definition) is 5. The third kappa shape index (κ3) is 4.28. The smallest absolute Gasteiger partial charge is 0.158 e. The maximum Gasteiger partial charge on any atom is 0.158 e. The van der Waals surface area contributed by atoms with Gasteiger partial charge in [0, 0.05) is 6.54 Å². The van der Waals surface area contributed by atoms with E-state index in [-0.39, 0.29) is 0 Å². The van der Waals surface area contributed by atoms with E-state index >= 15 is 0 Å². The zero-order valence-electron chi connectivity index (χ0n) is 10.4. The zero-order chi connectivity index (χ0) is 13.3. The number of nitriles is 1. The van der Waals surface area contributed by atoms with Gasteiger partial charge in [0.1, 0.15) is 17.6 Å². The van der Waals surface area contributed by atoms with Crippen molar-refractivity contribution in [1.82, 2.24) is 9.97 Å². The first-order chi connectivity index (χ1) is 9.38. The maximum absolute atomic E-state index is 8.59. The molecule has 5 heteroatoms. The topological polar surface area (TPSA) is 70.8 Å². The van der Waals surface area contributed by atoms with E-state index in [1.807, 2.05) is 36.4 Å². The van der Waals surface area contributed by atoms with Gasteiger partial charge < -0.3 is 10.1 Å². The third-order valence-corrected chi connectivity index (χ3v) is 2.41. The number of ether oxygens (including phenoxy) is 1. The molecule has 2 aromatic rings. The van der Waals surface area contributed by atoms with Crippen LogP contribution in [0.2, 0.25) is 0 Å². The molecule has 1 aromatic heterocycles. The van der Waals surface area contributed by atoms with Crippen LogP contribution in [0.4, 0.5) is 5.82 Å². The average molecular weight is 254 g/mol. The predicted molar refractivity (Wildman–Crippen MR) is 71.8 cm³/mol. The summed E-state index contributed by atoms with van der Waals surface area (Å²) in [7, 11) is 0. The molecular formula is C14H14N4O. The first-order valence-electron chi connectivity index (χ1n) is 6.02. The van der Waals surface area contributed by atoms with Crippen LogP contribution < -0.4 is 10.1 Å². The zero-order valence-corrected chi connectivity index (χ0v) is 10.4. The van der Waals surface area contributed by atoms with Gasteiger partial charge in [0.2, 0.25) is 0 Å². The molecule has 0 atom stereocenters. The van der Waals surface area contributed by atoms with Gasteiger partial charge in [0.25, 0.3) is 0 Å². The highest BCUT2D eigenvalue weighted by atomic mass is 16.5. The Hall–Kier alpha value is -2.61. The van der Waals surface area contributed by atoms with Crippen LogP contribution >= 0.6 is 0 Å². The van der Waals surface area contributed by atoms with Crippen LogP contribution in [0.15, 0.2) is 42.7 Å². The van der Waals surface area contributed by atoms with E-state index in [9.17, 15) is 0 Å². The normalized spacial score (nSPS) is 9.63. The molecule has 0 aliphatic rings. The number of anilines is 1. The molecule has 19 heavy (non-hydrogen) atoms. The minimum absolute atomic E-state index is 0.318. The average Bonchev–Trinajstić information content (AvgIpc) is 2.49. The van der Waals surface area contributed by atoms with Crippen LogP contribution in [0.3, 0.4) is 0 Å². The number of nitrogens with zero attached hydrogens (tertiary/aromatic N) is 3. The van der Waals surface area contributed by atoms with Crippen molar-refractivity contribution >= 4 is 5.82 Å². The number of benzene rings is 1. The van der Waals surface area contributed by atoms with E-state index in [4.69, 9.17) is 10.00 Å². The van der Waals surface area contributed by atoms with Crippen molar-refractivity contribution in [2.75, 3.05) is 18.5 Å². The highest BCUT2D eigenvalue weighted by Crippen LogP contribution is 2.08. The molecule has 1 heterocycles. The van der Waals surface area contributed by atoms with Gasteiger partial charge in [0.05, 0.1) is 19.0 Å². The van der Waals surface area contributed by atoms with Crippen molar-refractivity contribution in [3.05, 3.63) is 48.4 Å². The summed E-state index contributed by atoms with van der Waals surface area (Å²) in [6, 6.07) is 11.6. The van der Waals surface area contributed by atoms with E-state index in [1.54, 1.807) is 6.20 Å². The Balaban J connectivity index is 1.65. The SMILES string of the molecule is N#Cc1cnc(NCCCOc2ccccc2)cn1. The van der Waals surface area contributed by atoms with Gasteiger partial charge in [-0.25, -0.2) is 9.97 Å². The maximum atomic E-state index is 8.59. The quantitative estimate of drug-likeness (QED) is 0.800. The van der Waals surface area contributed by atoms with Gasteiger partial charge >= 0.3 is 0 Å². The number of rotatable bonds is 6. The Labute approximate surface area is 111 Å². The van der Waals surface area contributed by atoms with Crippen molar-refractivity contribution in [3.8, 4) is 11.8 Å². The van der Waals surface area contributed by atoms with Crippen LogP contribution in [-0.2, 0) is 0 Å². The molecule has 0 unspecified atom stereocenters. The lowest BCUT2D eigenvalue weighted by atomic mass is 10.3. The molecule has 0 radical (unpaired) electrons. The van der Waals surface area contributed by atoms with E-state index in [1.165, 1.54) is 6.20 Å². The van der Waals surface area contributed by atoms with Crippen LogP contribution in [0.5, 0.6) is 5.75 Å². The fourth-order valence-corrected chi connectivity index (χ4v) is 1.47. The summed E-state index contributed by atoms with van der Waals surface area (Å²) in [5.41, 5.74) is 0.318. The van der Waals surface area contributed by atoms with Gasteiger partial charge in [-0.3, -0.25) is 0 Å². The summed E-state index contributed by atoms with van der Waals surface area (Å²) >= 11 is 0. The molecule has 0 aliphatic carbocycles. The lowest BCUT2D eigenvalue weighted by Gasteiger charge is -2.07. The molecule has 0 amide bonds. The molecule has 1 N–H and O–H groups in total. The monoisotopic (exact) mass is 254 g/mol. The van der Waals surface area contributed by atoms with Crippen LogP contribution in [0, 0.1) is 11.3 Å². The molecule has 96 valence electrons. The summed E-state index contributed by atoms with van der Waals surface area (Å²) in [5, 5.41) is 11.7. The van der Waals surface area contributed by atoms with E-state index in [0.717, 1.165) is 18.7 Å². The van der Waals surface area contributed by atoms with E-state index in [2.05, 4.69) is 15.3 Å². The Morgan fingerprint density at radius 1 is 1.16 bits per heavy atom. The standard InChI is InChI=1S/C14H14N4O/c15-9-12-10-18-14(11-17-12)16-7-4-8-19-13-5-2-1-3-6-13/h1-3,5-6,10-11H,4,7-8H2,(H,16,18). The van der Waals surface area contributed by atoms with Crippen LogP contribution in [0.25, 0.3) is 0 Å². The van der Waals surface area contributed by atoms with Gasteiger partial charge in [-0.1, -0.05) is 18.2 Å². The molecule has 5 nitrogen and oxygen atoms in total. The van der Waals surface area contributed by atoms with Crippen molar-refractivity contribution in [2.24, 2.45) is 0 Å². The van der Waals surface area contributed by atoms with Gasteiger partial charge in [0.15, 0.2) is 5.69 Å². The molecule has 0 saturated carbocycles. The fraction of sp³-hybridized carbons (Fsp3) is 0.214. The summed E-state index contributed by atoms with van der Waals surface area (Å²) in [5.74, 6) is 1.54. The minimum Gasteiger partial charge on any atom is -0.494 e. The lowest BCUT2D eigenvalue weighted by molar-refractivity contribution is 0.315. The van der Waals surface area contributed by atoms with Gasteiger partial charge in [-0.2, -0.15) is 5.26 Å². The molecule has 0 spiro atoms. The molecule has 0 saturated heterocycles. The van der Waals surface area contributed by atoms with Crippen molar-refractivity contribution in [2.45, 2.75) is 6.42 Å². The summed E-state index contributed by atoms with van der Waals surface area (Å²) in [6.07, 6.45) is 3.86. The molecule has 2 rings (SSSR count). The number of aromatic nitrogens is 2. The third-order valence-electron chi connectivity index (χ3n) is 2.41. The van der Waals surface area contributed by atoms with Crippen molar-refractivity contribution in [3.63, 3.8) is 0 Å². The Bertz CT molecular complexity index is 534. The van der Waals surface area contributed by atoms with E-state index < -0.39 is 0 Å². The largest absolute Gasteiger partial charge is 0.494 e. The predicted octanol–water partition coefficient (Wildman–Crippen LogP) is 2.23. The van der Waals surface area contributed by atoms with Crippen LogP contribution in [-0.4, -0.2) is 23.1 Å². The second-order valence-corrected chi connectivity index (χ2v) is 3.84. The molecule has 1 aromatic carbocycles. The molecular weight excluding hydrogens is 240 g/mol. The Kier molecular flexibility index (Phi) is 4.71. The molecule has 0 bridgehead atoms. The second kappa shape index (κ2) is 6.97. The van der Waals surface area contributed by atoms with Crippen LogP contribution in [0.1, 0.15) is 12.1 Å². The highest BCUT2D eigenvalue weighted by molar-refractivity contribution is 5.32. The minimum atomic E-state index is 0.318. The Morgan fingerprint density at radius 3 is 2.68 bits per heavy atom. The summed E-state index contributed by atoms with van der Waals surface area (Å²) < 4.78 is 5.56. The van der Waals surface area contributed by atoms with E-state index in [0.29, 0.717) is 18.1 Å². The fourth-order valence-electron chi connectivity index (χ4n) is 1.47. The molecule has 0 fully saturated rings. The molecule has 0 aliphatic heterocycles. The summed E-state index contributed by atoms with van der Waals surface area (Å²) in [4.78, 5) is 7.99. The first-order valence-corrected chi connectivity index (χ1v) is 6.02. The Morgan fingerprint density at radius 2 is 2.00 bits per heavy atom. The second-order valence-electron chi connectivity index (χ2n) is 3.84. The van der Waals surface area contributed by atoms with Gasteiger partial charge in [-0.15, -0.1) is 0 Å². The summed E-state index contributed by atoms with van der Waals surface area (Å²) in [6.45, 7) is 1.38. The van der Waals surface area contributed by atoms with Crippen molar-refractivity contribution < 1.29 is 4.74 Å². The first kappa shape index (κ1) is 12.8. The van der Waals surface area contributed by atoms with Gasteiger partial charge in [-0.05, 0) is 18.6 Å².